The minimum Gasteiger partial charge on any atom is -0.470 e. The Morgan fingerprint density at radius 3 is 3.04 bits per heavy atom. The Morgan fingerprint density at radius 2 is 2.25 bits per heavy atom. The SMILES string of the molecule is O=C(CCc1cnccn1)N1CCCC(Oc2ncccc2F)C1. The molecule has 126 valence electrons. The number of halogens is 1. The molecule has 2 aromatic heterocycles. The van der Waals surface area contributed by atoms with E-state index in [1.54, 1.807) is 23.5 Å². The summed E-state index contributed by atoms with van der Waals surface area (Å²) in [6, 6.07) is 2.83. The molecule has 1 saturated heterocycles. The van der Waals surface area contributed by atoms with E-state index in [9.17, 15) is 9.18 Å². The summed E-state index contributed by atoms with van der Waals surface area (Å²) in [4.78, 5) is 26.2. The van der Waals surface area contributed by atoms with Crippen LogP contribution < -0.4 is 4.74 Å². The molecule has 2 aromatic rings. The zero-order valence-corrected chi connectivity index (χ0v) is 13.3. The second-order valence-corrected chi connectivity index (χ2v) is 5.71. The van der Waals surface area contributed by atoms with Gasteiger partial charge in [0.15, 0.2) is 5.82 Å². The van der Waals surface area contributed by atoms with E-state index in [2.05, 4.69) is 15.0 Å². The minimum absolute atomic E-state index is 0.00337. The first-order valence-electron chi connectivity index (χ1n) is 8.02. The van der Waals surface area contributed by atoms with Gasteiger partial charge in [-0.3, -0.25) is 14.8 Å². The molecular formula is C17H19FN4O2. The van der Waals surface area contributed by atoms with Crippen molar-refractivity contribution in [2.24, 2.45) is 0 Å². The van der Waals surface area contributed by atoms with Crippen molar-refractivity contribution in [1.82, 2.24) is 19.9 Å². The average molecular weight is 330 g/mol. The molecule has 3 heterocycles. The summed E-state index contributed by atoms with van der Waals surface area (Å²) >= 11 is 0. The highest BCUT2D eigenvalue weighted by molar-refractivity contribution is 5.76. The molecule has 1 atom stereocenters. The molecule has 6 nitrogen and oxygen atoms in total. The van der Waals surface area contributed by atoms with E-state index in [1.165, 1.54) is 18.3 Å². The Hall–Kier alpha value is -2.57. The van der Waals surface area contributed by atoms with E-state index >= 15 is 0 Å². The number of piperidine rings is 1. The van der Waals surface area contributed by atoms with E-state index in [4.69, 9.17) is 4.74 Å². The zero-order chi connectivity index (χ0) is 16.8. The Kier molecular flexibility index (Phi) is 5.30. The number of pyridine rings is 1. The monoisotopic (exact) mass is 330 g/mol. The predicted molar refractivity (Wildman–Crippen MR) is 84.8 cm³/mol. The molecule has 0 bridgehead atoms. The predicted octanol–water partition coefficient (Wildman–Crippen LogP) is 2.01. The lowest BCUT2D eigenvalue weighted by atomic mass is 10.1. The van der Waals surface area contributed by atoms with Crippen molar-refractivity contribution in [3.8, 4) is 5.88 Å². The average Bonchev–Trinajstić information content (AvgIpc) is 2.63. The van der Waals surface area contributed by atoms with Crippen molar-refractivity contribution in [2.75, 3.05) is 13.1 Å². The second kappa shape index (κ2) is 7.81. The largest absolute Gasteiger partial charge is 0.470 e. The standard InChI is InChI=1S/C17H19FN4O2/c18-15-4-1-7-21-17(15)24-14-3-2-10-22(12-14)16(23)6-5-13-11-19-8-9-20-13/h1,4,7-9,11,14H,2-3,5-6,10,12H2. The number of rotatable bonds is 5. The maximum Gasteiger partial charge on any atom is 0.250 e. The van der Waals surface area contributed by atoms with Crippen LogP contribution >= 0.6 is 0 Å². The third kappa shape index (κ3) is 4.24. The highest BCUT2D eigenvalue weighted by Crippen LogP contribution is 2.19. The van der Waals surface area contributed by atoms with Crippen LogP contribution in [0.5, 0.6) is 5.88 Å². The van der Waals surface area contributed by atoms with Gasteiger partial charge in [0.2, 0.25) is 5.91 Å². The first-order valence-corrected chi connectivity index (χ1v) is 8.02. The van der Waals surface area contributed by atoms with E-state index in [1.807, 2.05) is 0 Å². The molecule has 0 aromatic carbocycles. The molecule has 0 radical (unpaired) electrons. The first kappa shape index (κ1) is 16.3. The van der Waals surface area contributed by atoms with Gasteiger partial charge in [0, 0.05) is 37.8 Å². The summed E-state index contributed by atoms with van der Waals surface area (Å²) in [5.74, 6) is -0.435. The summed E-state index contributed by atoms with van der Waals surface area (Å²) in [5, 5.41) is 0. The van der Waals surface area contributed by atoms with Crippen LogP contribution in [0.15, 0.2) is 36.9 Å². The van der Waals surface area contributed by atoms with Crippen LogP contribution in [0, 0.1) is 5.82 Å². The second-order valence-electron chi connectivity index (χ2n) is 5.71. The number of likely N-dealkylation sites (tertiary alicyclic amines) is 1. The summed E-state index contributed by atoms with van der Waals surface area (Å²) in [5.41, 5.74) is 0.797. The number of carbonyl (C=O) groups is 1. The van der Waals surface area contributed by atoms with Crippen LogP contribution in [0.4, 0.5) is 4.39 Å². The van der Waals surface area contributed by atoms with Crippen molar-refractivity contribution in [2.45, 2.75) is 31.8 Å². The fraction of sp³-hybridized carbons (Fsp3) is 0.412. The van der Waals surface area contributed by atoms with Crippen LogP contribution in [-0.4, -0.2) is 45.0 Å². The third-order valence-corrected chi connectivity index (χ3v) is 3.95. The number of aromatic nitrogens is 3. The molecule has 0 aliphatic carbocycles. The van der Waals surface area contributed by atoms with Crippen molar-refractivity contribution in [3.63, 3.8) is 0 Å². The molecule has 0 spiro atoms. The molecule has 1 aliphatic heterocycles. The number of nitrogens with zero attached hydrogens (tertiary/aromatic N) is 4. The molecule has 1 amide bonds. The van der Waals surface area contributed by atoms with Gasteiger partial charge < -0.3 is 9.64 Å². The lowest BCUT2D eigenvalue weighted by Gasteiger charge is -2.32. The molecule has 0 N–H and O–H groups in total. The number of carbonyl (C=O) groups excluding carboxylic acids is 1. The Bertz CT molecular complexity index is 683. The lowest BCUT2D eigenvalue weighted by Crippen LogP contribution is -2.44. The number of amides is 1. The lowest BCUT2D eigenvalue weighted by molar-refractivity contribution is -0.133. The van der Waals surface area contributed by atoms with Gasteiger partial charge >= 0.3 is 0 Å². The topological polar surface area (TPSA) is 68.2 Å². The van der Waals surface area contributed by atoms with Crippen LogP contribution in [0.3, 0.4) is 0 Å². The van der Waals surface area contributed by atoms with Gasteiger partial charge in [-0.15, -0.1) is 0 Å². The molecule has 3 rings (SSSR count). The Balaban J connectivity index is 1.53. The van der Waals surface area contributed by atoms with E-state index in [-0.39, 0.29) is 17.9 Å². The number of hydrogen-bond acceptors (Lipinski definition) is 5. The molecule has 1 unspecified atom stereocenters. The number of hydrogen-bond donors (Lipinski definition) is 0. The Labute approximate surface area is 139 Å². The molecule has 7 heteroatoms. The van der Waals surface area contributed by atoms with Gasteiger partial charge in [0.25, 0.3) is 5.88 Å². The maximum atomic E-state index is 13.6. The van der Waals surface area contributed by atoms with Gasteiger partial charge in [-0.05, 0) is 31.4 Å². The van der Waals surface area contributed by atoms with Crippen LogP contribution in [-0.2, 0) is 11.2 Å². The summed E-state index contributed by atoms with van der Waals surface area (Å²) in [6.07, 6.45) is 8.70. The smallest absolute Gasteiger partial charge is 0.250 e. The molecule has 1 fully saturated rings. The van der Waals surface area contributed by atoms with Gasteiger partial charge in [-0.25, -0.2) is 9.37 Å². The van der Waals surface area contributed by atoms with Crippen molar-refractivity contribution in [1.29, 1.82) is 0 Å². The van der Waals surface area contributed by atoms with Crippen molar-refractivity contribution >= 4 is 5.91 Å². The summed E-state index contributed by atoms with van der Waals surface area (Å²) in [7, 11) is 0. The summed E-state index contributed by atoms with van der Waals surface area (Å²) < 4.78 is 19.3. The molecule has 0 saturated carbocycles. The van der Waals surface area contributed by atoms with E-state index in [0.717, 1.165) is 18.5 Å². The van der Waals surface area contributed by atoms with Crippen LogP contribution in [0.2, 0.25) is 0 Å². The highest BCUT2D eigenvalue weighted by atomic mass is 19.1. The first-order chi connectivity index (χ1) is 11.7. The maximum absolute atomic E-state index is 13.6. The normalized spacial score (nSPS) is 17.5. The van der Waals surface area contributed by atoms with Crippen molar-refractivity contribution in [3.05, 3.63) is 48.4 Å². The third-order valence-electron chi connectivity index (χ3n) is 3.95. The van der Waals surface area contributed by atoms with Crippen LogP contribution in [0.1, 0.15) is 25.0 Å². The van der Waals surface area contributed by atoms with Gasteiger partial charge in [0.1, 0.15) is 6.10 Å². The Morgan fingerprint density at radius 1 is 1.33 bits per heavy atom. The number of aryl methyl sites for hydroxylation is 1. The quantitative estimate of drug-likeness (QED) is 0.839. The number of ether oxygens (including phenoxy) is 1. The van der Waals surface area contributed by atoms with E-state index in [0.29, 0.717) is 25.9 Å². The van der Waals surface area contributed by atoms with Gasteiger partial charge in [-0.2, -0.15) is 0 Å². The van der Waals surface area contributed by atoms with Gasteiger partial charge in [-0.1, -0.05) is 0 Å². The fourth-order valence-corrected chi connectivity index (χ4v) is 2.73. The van der Waals surface area contributed by atoms with E-state index < -0.39 is 5.82 Å². The molecule has 1 aliphatic rings. The zero-order valence-electron chi connectivity index (χ0n) is 13.3. The molecular weight excluding hydrogens is 311 g/mol. The highest BCUT2D eigenvalue weighted by Gasteiger charge is 2.25. The summed E-state index contributed by atoms with van der Waals surface area (Å²) in [6.45, 7) is 1.15. The molecule has 24 heavy (non-hydrogen) atoms. The van der Waals surface area contributed by atoms with Gasteiger partial charge in [0.05, 0.1) is 12.2 Å². The minimum atomic E-state index is -0.483. The fourth-order valence-electron chi connectivity index (χ4n) is 2.73. The van der Waals surface area contributed by atoms with Crippen molar-refractivity contribution < 1.29 is 13.9 Å². The van der Waals surface area contributed by atoms with Crippen LogP contribution in [0.25, 0.3) is 0 Å².